The second-order valence-corrected chi connectivity index (χ2v) is 5.07. The summed E-state index contributed by atoms with van der Waals surface area (Å²) in [5, 5.41) is 13.3. The fraction of sp³-hybridized carbons (Fsp3) is 0. The molecule has 23 heavy (non-hydrogen) atoms. The summed E-state index contributed by atoms with van der Waals surface area (Å²) in [5.74, 6) is 7.79. The molecule has 110 valence electrons. The van der Waals surface area contributed by atoms with E-state index >= 15 is 0 Å². The normalized spacial score (nSPS) is 22.0. The molecule has 0 radical (unpaired) electrons. The monoisotopic (exact) mass is 303 g/mol. The van der Waals surface area contributed by atoms with Crippen LogP contribution in [0.25, 0.3) is 5.70 Å². The van der Waals surface area contributed by atoms with Crippen molar-refractivity contribution in [2.24, 2.45) is 20.9 Å². The predicted octanol–water partition coefficient (Wildman–Crippen LogP) is 2.00. The highest BCUT2D eigenvalue weighted by molar-refractivity contribution is 6.32. The lowest BCUT2D eigenvalue weighted by atomic mass is 10.1. The molecule has 1 atom stereocenters. The van der Waals surface area contributed by atoms with Gasteiger partial charge in [0.05, 0.1) is 17.9 Å². The smallest absolute Gasteiger partial charge is 0.300 e. The van der Waals surface area contributed by atoms with Crippen LogP contribution in [0.2, 0.25) is 0 Å². The van der Waals surface area contributed by atoms with Gasteiger partial charge in [-0.3, -0.25) is 0 Å². The van der Waals surface area contributed by atoms with Crippen LogP contribution in [-0.2, 0) is 0 Å². The maximum atomic E-state index is 8.86. The summed E-state index contributed by atoms with van der Waals surface area (Å²) >= 11 is 0. The molecule has 0 saturated heterocycles. The third-order valence-electron chi connectivity index (χ3n) is 3.54. The van der Waals surface area contributed by atoms with Crippen molar-refractivity contribution in [3.8, 4) is 6.07 Å². The number of furan rings is 1. The highest BCUT2D eigenvalue weighted by Gasteiger charge is 2.40. The number of fused-ring (bicyclic) bond motifs is 1. The molecule has 0 amide bonds. The first-order chi connectivity index (χ1) is 11.2. The van der Waals surface area contributed by atoms with Gasteiger partial charge in [-0.1, -0.05) is 12.1 Å². The molecule has 2 aliphatic heterocycles. The molecule has 0 fully saturated rings. The molecule has 0 aliphatic carbocycles. The third kappa shape index (κ3) is 2.19. The van der Waals surface area contributed by atoms with E-state index < -0.39 is 0 Å². The minimum absolute atomic E-state index is 0.311. The van der Waals surface area contributed by atoms with Crippen molar-refractivity contribution in [2.45, 2.75) is 0 Å². The van der Waals surface area contributed by atoms with Gasteiger partial charge in [-0.15, -0.1) is 5.84 Å². The Balaban J connectivity index is 1.73. The summed E-state index contributed by atoms with van der Waals surface area (Å²) in [4.78, 5) is 8.74. The number of quaternary nitrogens is 1. The lowest BCUT2D eigenvalue weighted by Gasteiger charge is -2.19. The van der Waals surface area contributed by atoms with Gasteiger partial charge in [0.1, 0.15) is 11.9 Å². The van der Waals surface area contributed by atoms with Crippen molar-refractivity contribution in [1.82, 2.24) is 0 Å². The van der Waals surface area contributed by atoms with E-state index in [9.17, 15) is 0 Å². The van der Waals surface area contributed by atoms with Crippen molar-refractivity contribution in [3.63, 3.8) is 0 Å². The lowest BCUT2D eigenvalue weighted by molar-refractivity contribution is -0.802. The van der Waals surface area contributed by atoms with Crippen LogP contribution < -0.4 is 5.84 Å². The van der Waals surface area contributed by atoms with E-state index in [1.807, 2.05) is 12.1 Å². The maximum Gasteiger partial charge on any atom is 0.300 e. The molecule has 1 aromatic carbocycles. The molecule has 4 rings (SSSR count). The zero-order chi connectivity index (χ0) is 15.9. The number of nitrogens with zero attached hydrogens (tertiary/aromatic N) is 5. The van der Waals surface area contributed by atoms with E-state index in [1.165, 1.54) is 0 Å². The number of hydrogen-bond acceptors (Lipinski definition) is 6. The van der Waals surface area contributed by atoms with Crippen molar-refractivity contribution < 1.29 is 9.12 Å². The summed E-state index contributed by atoms with van der Waals surface area (Å²) in [6, 6.07) is 12.7. The number of rotatable bonds is 2. The molecule has 2 N–H and O–H groups in total. The molecule has 3 heterocycles. The Morgan fingerprint density at radius 3 is 2.70 bits per heavy atom. The van der Waals surface area contributed by atoms with Gasteiger partial charge < -0.3 is 4.42 Å². The molecule has 1 aromatic heterocycles. The molecule has 7 nitrogen and oxygen atoms in total. The number of nitriles is 1. The molecule has 0 bridgehead atoms. The van der Waals surface area contributed by atoms with E-state index in [4.69, 9.17) is 15.5 Å². The van der Waals surface area contributed by atoms with Gasteiger partial charge >= 0.3 is 0 Å². The number of nitrogens with two attached hydrogens (primary N) is 1. The van der Waals surface area contributed by atoms with Crippen molar-refractivity contribution >= 4 is 23.6 Å². The van der Waals surface area contributed by atoms with Gasteiger partial charge in [0.15, 0.2) is 12.0 Å². The molecular formula is C16H11N6O+. The predicted molar refractivity (Wildman–Crippen MR) is 84.8 cm³/mol. The van der Waals surface area contributed by atoms with Crippen LogP contribution in [0.1, 0.15) is 16.9 Å². The quantitative estimate of drug-likeness (QED) is 0.678. The second-order valence-electron chi connectivity index (χ2n) is 5.07. The van der Waals surface area contributed by atoms with E-state index in [2.05, 4.69) is 21.2 Å². The summed E-state index contributed by atoms with van der Waals surface area (Å²) in [5.41, 5.74) is 2.11. The Kier molecular flexibility index (Phi) is 2.81. The minimum atomic E-state index is -0.311. The lowest BCUT2D eigenvalue weighted by Crippen LogP contribution is -2.50. The Bertz CT molecular complexity index is 928. The molecule has 2 aromatic rings. The van der Waals surface area contributed by atoms with Crippen LogP contribution in [-0.4, -0.2) is 22.6 Å². The van der Waals surface area contributed by atoms with Crippen molar-refractivity contribution in [1.29, 1.82) is 5.26 Å². The molecule has 2 aliphatic rings. The van der Waals surface area contributed by atoms with Crippen LogP contribution in [0.5, 0.6) is 0 Å². The molecule has 0 saturated carbocycles. The summed E-state index contributed by atoms with van der Waals surface area (Å²) in [6.45, 7) is 0. The van der Waals surface area contributed by atoms with Crippen LogP contribution in [0.15, 0.2) is 68.4 Å². The largest absolute Gasteiger partial charge is 0.461 e. The number of hydrogen-bond donors (Lipinski definition) is 1. The van der Waals surface area contributed by atoms with Crippen molar-refractivity contribution in [3.05, 3.63) is 65.7 Å². The summed E-state index contributed by atoms with van der Waals surface area (Å²) < 4.78 is 5.00. The van der Waals surface area contributed by atoms with E-state index in [-0.39, 0.29) is 4.70 Å². The average molecular weight is 303 g/mol. The Morgan fingerprint density at radius 1 is 1.17 bits per heavy atom. The third-order valence-corrected chi connectivity index (χ3v) is 3.54. The fourth-order valence-corrected chi connectivity index (χ4v) is 2.36. The SMILES string of the molecule is N#Cc1ccc(C2=C[N+]3(N)N=C(c4ccco4)N=C3C=N2)cc1. The molecule has 7 heteroatoms. The van der Waals surface area contributed by atoms with Gasteiger partial charge in [0.2, 0.25) is 0 Å². The Labute approximate surface area is 131 Å². The summed E-state index contributed by atoms with van der Waals surface area (Å²) in [7, 11) is 0. The standard InChI is InChI=1S/C16H11N6O/c17-8-11-3-5-12(6-4-11)13-10-22(18)15(9-19-13)20-16(21-22)14-2-1-7-23-14/h1-7,9-10H,18H2/q+1. The van der Waals surface area contributed by atoms with Gasteiger partial charge in [0, 0.05) is 5.56 Å². The molecule has 0 spiro atoms. The summed E-state index contributed by atoms with van der Waals surface area (Å²) in [6.07, 6.45) is 4.85. The van der Waals surface area contributed by atoms with Crippen LogP contribution in [0.4, 0.5) is 0 Å². The first kappa shape index (κ1) is 13.3. The zero-order valence-corrected chi connectivity index (χ0v) is 11.9. The van der Waals surface area contributed by atoms with Crippen molar-refractivity contribution in [2.75, 3.05) is 0 Å². The topological polar surface area (TPSA) is 100 Å². The molecular weight excluding hydrogens is 292 g/mol. The van der Waals surface area contributed by atoms with Crippen LogP contribution >= 0.6 is 0 Å². The van der Waals surface area contributed by atoms with Gasteiger partial charge in [-0.2, -0.15) is 10.3 Å². The van der Waals surface area contributed by atoms with Gasteiger partial charge in [0.25, 0.3) is 11.7 Å². The van der Waals surface area contributed by atoms with Crippen LogP contribution in [0, 0.1) is 11.3 Å². The minimum Gasteiger partial charge on any atom is -0.461 e. The number of benzene rings is 1. The first-order valence-corrected chi connectivity index (χ1v) is 6.86. The zero-order valence-electron chi connectivity index (χ0n) is 11.9. The Hall–Kier alpha value is -3.34. The van der Waals surface area contributed by atoms with E-state index in [1.54, 1.807) is 42.9 Å². The van der Waals surface area contributed by atoms with Crippen LogP contribution in [0.3, 0.4) is 0 Å². The fourth-order valence-electron chi connectivity index (χ4n) is 2.36. The number of amidine groups is 2. The Morgan fingerprint density at radius 2 is 2.00 bits per heavy atom. The highest BCUT2D eigenvalue weighted by atomic mass is 16.3. The first-order valence-electron chi connectivity index (χ1n) is 6.86. The van der Waals surface area contributed by atoms with E-state index in [0.29, 0.717) is 28.7 Å². The van der Waals surface area contributed by atoms with E-state index in [0.717, 1.165) is 5.56 Å². The maximum absolute atomic E-state index is 8.86. The second kappa shape index (κ2) is 4.84. The average Bonchev–Trinajstić information content (AvgIpc) is 3.21. The molecule has 1 unspecified atom stereocenters. The van der Waals surface area contributed by atoms with Gasteiger partial charge in [-0.05, 0) is 34.1 Å². The highest BCUT2D eigenvalue weighted by Crippen LogP contribution is 2.26. The van der Waals surface area contributed by atoms with Gasteiger partial charge in [-0.25, -0.2) is 4.99 Å². The number of aliphatic imine (C=N–C) groups is 2.